The number of halogens is 3. The van der Waals surface area contributed by atoms with Gasteiger partial charge in [-0.05, 0) is 112 Å². The summed E-state index contributed by atoms with van der Waals surface area (Å²) >= 11 is 0. The second kappa shape index (κ2) is 14.4. The molecule has 4 rings (SSSR count). The van der Waals surface area contributed by atoms with E-state index in [0.717, 1.165) is 54.9 Å². The highest BCUT2D eigenvalue weighted by Crippen LogP contribution is 2.37. The molecule has 1 aromatic carbocycles. The molecule has 232 valence electrons. The van der Waals surface area contributed by atoms with Gasteiger partial charge in [-0.1, -0.05) is 30.4 Å². The van der Waals surface area contributed by atoms with E-state index in [1.54, 1.807) is 25.3 Å². The molecule has 2 fully saturated rings. The molecule has 2 aromatic rings. The van der Waals surface area contributed by atoms with E-state index in [4.69, 9.17) is 4.74 Å². The number of allylic oxidation sites excluding steroid dienone is 4. The quantitative estimate of drug-likeness (QED) is 0.233. The van der Waals surface area contributed by atoms with Crippen LogP contribution < -0.4 is 4.90 Å². The number of carbonyl (C=O) groups excluding carboxylic acids is 1. The van der Waals surface area contributed by atoms with Crippen molar-refractivity contribution in [2.45, 2.75) is 77.5 Å². The average Bonchev–Trinajstić information content (AvgIpc) is 3.00. The Morgan fingerprint density at radius 1 is 1.00 bits per heavy atom. The smallest absolute Gasteiger partial charge is 0.417 e. The lowest BCUT2D eigenvalue weighted by atomic mass is 9.78. The summed E-state index contributed by atoms with van der Waals surface area (Å²) < 4.78 is 45.5. The van der Waals surface area contributed by atoms with Gasteiger partial charge in [0.2, 0.25) is 5.91 Å². The molecule has 0 atom stereocenters. The number of alkyl halides is 3. The molecule has 0 aliphatic heterocycles. The number of ether oxygens (including phenoxy) is 1. The van der Waals surface area contributed by atoms with Crippen LogP contribution in [0.2, 0.25) is 0 Å². The molecular weight excluding hydrogens is 553 g/mol. The molecule has 1 heterocycles. The van der Waals surface area contributed by atoms with E-state index < -0.39 is 11.7 Å². The lowest BCUT2D eigenvalue weighted by Crippen LogP contribution is -2.42. The van der Waals surface area contributed by atoms with E-state index in [2.05, 4.69) is 11.6 Å². The zero-order chi connectivity index (χ0) is 31.1. The molecule has 0 bridgehead atoms. The maximum atomic E-state index is 14.0. The van der Waals surface area contributed by atoms with Crippen molar-refractivity contribution in [2.24, 2.45) is 17.8 Å². The molecule has 0 radical (unpaired) electrons. The number of benzene rings is 1. The second-order valence-electron chi connectivity index (χ2n) is 12.2. The summed E-state index contributed by atoms with van der Waals surface area (Å²) in [7, 11) is 1.66. The van der Waals surface area contributed by atoms with Crippen LogP contribution in [-0.2, 0) is 15.7 Å². The van der Waals surface area contributed by atoms with Gasteiger partial charge in [0.15, 0.2) is 0 Å². The molecule has 0 saturated heterocycles. The zero-order valence-corrected chi connectivity index (χ0v) is 25.4. The normalized spacial score (nSPS) is 22.7. The van der Waals surface area contributed by atoms with E-state index in [1.165, 1.54) is 6.20 Å². The highest BCUT2D eigenvalue weighted by molar-refractivity contribution is 5.95. The largest absolute Gasteiger partial charge is 0.497 e. The fourth-order valence-electron chi connectivity index (χ4n) is 6.20. The number of aromatic nitrogens is 1. The monoisotopic (exact) mass is 596 g/mol. The maximum absolute atomic E-state index is 14.0. The van der Waals surface area contributed by atoms with E-state index in [-0.39, 0.29) is 23.8 Å². The van der Waals surface area contributed by atoms with Gasteiger partial charge in [0.1, 0.15) is 5.76 Å². The van der Waals surface area contributed by atoms with Gasteiger partial charge in [0.05, 0.1) is 18.8 Å². The summed E-state index contributed by atoms with van der Waals surface area (Å²) in [5.74, 6) is 1.33. The van der Waals surface area contributed by atoms with Gasteiger partial charge in [-0.25, -0.2) is 0 Å². The molecule has 1 aromatic heterocycles. The lowest BCUT2D eigenvalue weighted by Gasteiger charge is -2.36. The molecule has 2 saturated carbocycles. The van der Waals surface area contributed by atoms with Crippen molar-refractivity contribution in [1.82, 2.24) is 4.98 Å². The molecule has 0 unspecified atom stereocenters. The number of pyridine rings is 1. The van der Waals surface area contributed by atoms with Gasteiger partial charge in [-0.2, -0.15) is 13.2 Å². The number of methoxy groups -OCH3 is 1. The van der Waals surface area contributed by atoms with Gasteiger partial charge < -0.3 is 14.7 Å². The van der Waals surface area contributed by atoms with Crippen LogP contribution in [0.25, 0.3) is 11.1 Å². The third-order valence-electron chi connectivity index (χ3n) is 8.84. The molecular formula is C35H43F3N2O3. The number of aliphatic hydroxyl groups excluding tert-OH is 1. The first-order valence-electron chi connectivity index (χ1n) is 15.2. The van der Waals surface area contributed by atoms with E-state index in [0.29, 0.717) is 55.0 Å². The first kappa shape index (κ1) is 32.5. The van der Waals surface area contributed by atoms with Crippen LogP contribution in [0.3, 0.4) is 0 Å². The number of hydrogen-bond acceptors (Lipinski definition) is 4. The summed E-state index contributed by atoms with van der Waals surface area (Å²) in [5.41, 5.74) is 2.96. The summed E-state index contributed by atoms with van der Waals surface area (Å²) in [6.07, 6.45) is 7.66. The molecule has 2 aliphatic rings. The molecule has 0 spiro atoms. The van der Waals surface area contributed by atoms with Crippen LogP contribution in [0.5, 0.6) is 0 Å². The highest BCUT2D eigenvalue weighted by atomic mass is 19.4. The second-order valence-corrected chi connectivity index (χ2v) is 12.2. The standard InChI is InChI=1S/C35H43F3N2O3/c1-23(2)33(43-4)17-8-24(3)26-11-9-25(10-12-26)22-40(34(42)27-13-15-32(41)16-14-27)31-7-5-6-28(19-31)29-18-30(21-39-20-29)35(36,37)38/h5-8,17-21,25-27,32,41H,3,9-16,22H2,1-2,4H3/b17-8-. The predicted octanol–water partition coefficient (Wildman–Crippen LogP) is 8.51. The number of hydrogen-bond donors (Lipinski definition) is 1. The number of anilines is 1. The van der Waals surface area contributed by atoms with Gasteiger partial charge >= 0.3 is 6.18 Å². The van der Waals surface area contributed by atoms with Crippen molar-refractivity contribution >= 4 is 11.6 Å². The Morgan fingerprint density at radius 3 is 2.30 bits per heavy atom. The Bertz CT molecular complexity index is 1330. The van der Waals surface area contributed by atoms with Gasteiger partial charge in [-0.3, -0.25) is 9.78 Å². The molecule has 2 aliphatic carbocycles. The van der Waals surface area contributed by atoms with Crippen molar-refractivity contribution in [2.75, 3.05) is 18.6 Å². The van der Waals surface area contributed by atoms with Gasteiger partial charge in [-0.15, -0.1) is 0 Å². The minimum atomic E-state index is -4.49. The van der Waals surface area contributed by atoms with Crippen molar-refractivity contribution in [3.63, 3.8) is 0 Å². The van der Waals surface area contributed by atoms with Crippen molar-refractivity contribution < 1.29 is 27.8 Å². The fraction of sp³-hybridized carbons (Fsp3) is 0.486. The fourth-order valence-corrected chi connectivity index (χ4v) is 6.20. The van der Waals surface area contributed by atoms with Crippen LogP contribution in [0.4, 0.5) is 18.9 Å². The first-order chi connectivity index (χ1) is 20.5. The minimum Gasteiger partial charge on any atom is -0.497 e. The molecule has 8 heteroatoms. The number of nitrogens with zero attached hydrogens (tertiary/aromatic N) is 2. The first-order valence-corrected chi connectivity index (χ1v) is 15.2. The van der Waals surface area contributed by atoms with Gasteiger partial charge in [0.25, 0.3) is 0 Å². The maximum Gasteiger partial charge on any atom is 0.417 e. The number of rotatable bonds is 9. The summed E-state index contributed by atoms with van der Waals surface area (Å²) in [4.78, 5) is 19.6. The summed E-state index contributed by atoms with van der Waals surface area (Å²) in [6, 6.07) is 8.27. The van der Waals surface area contributed by atoms with Crippen molar-refractivity contribution in [3.8, 4) is 11.1 Å². The lowest BCUT2D eigenvalue weighted by molar-refractivity contribution is -0.137. The van der Waals surface area contributed by atoms with E-state index in [9.17, 15) is 23.1 Å². The Labute approximate surface area is 253 Å². The average molecular weight is 597 g/mol. The third-order valence-corrected chi connectivity index (χ3v) is 8.84. The number of aliphatic hydroxyl groups is 1. The summed E-state index contributed by atoms with van der Waals surface area (Å²) in [6.45, 7) is 8.86. The van der Waals surface area contributed by atoms with E-state index in [1.807, 2.05) is 37.0 Å². The molecule has 5 nitrogen and oxygen atoms in total. The minimum absolute atomic E-state index is 0.0227. The Morgan fingerprint density at radius 2 is 1.67 bits per heavy atom. The van der Waals surface area contributed by atoms with Crippen LogP contribution in [-0.4, -0.2) is 35.8 Å². The Hall–Kier alpha value is -3.39. The topological polar surface area (TPSA) is 62.7 Å². The van der Waals surface area contributed by atoms with E-state index >= 15 is 0 Å². The molecule has 1 amide bonds. The Balaban J connectivity index is 1.52. The zero-order valence-electron chi connectivity index (χ0n) is 25.4. The summed E-state index contributed by atoms with van der Waals surface area (Å²) in [5, 5.41) is 10.0. The third kappa shape index (κ3) is 8.59. The van der Waals surface area contributed by atoms with Crippen molar-refractivity contribution in [1.29, 1.82) is 0 Å². The van der Waals surface area contributed by atoms with Gasteiger partial charge in [0, 0.05) is 36.1 Å². The molecule has 1 N–H and O–H groups in total. The number of carbonyl (C=O) groups is 1. The van der Waals surface area contributed by atoms with Crippen LogP contribution in [0.1, 0.15) is 70.8 Å². The number of amides is 1. The highest BCUT2D eigenvalue weighted by Gasteiger charge is 2.33. The van der Waals surface area contributed by atoms with Crippen LogP contribution in [0.15, 0.2) is 78.4 Å². The van der Waals surface area contributed by atoms with Crippen LogP contribution >= 0.6 is 0 Å². The Kier molecular flexibility index (Phi) is 10.9. The van der Waals surface area contributed by atoms with Crippen LogP contribution in [0, 0.1) is 17.8 Å². The SMILES string of the molecule is C=C(/C=C\C(OC)=C(C)C)C1CCC(CN(C(=O)C2CCC(O)CC2)c2cccc(-c3cncc(C(F)(F)F)c3)c2)CC1. The molecule has 43 heavy (non-hydrogen) atoms. The van der Waals surface area contributed by atoms with Crippen molar-refractivity contribution in [3.05, 3.63) is 83.9 Å². The predicted molar refractivity (Wildman–Crippen MR) is 164 cm³/mol.